The minimum absolute atomic E-state index is 0.176. The maximum absolute atomic E-state index is 11.0. The fourth-order valence-corrected chi connectivity index (χ4v) is 1.26. The molecule has 0 aliphatic rings. The SMILES string of the molecule is C=CCOC(=O)CC.CC.CCCNC(=O)OCc1ccccc1. The number of amides is 1. The molecular weight excluding hydrogens is 306 g/mol. The third-order valence-corrected chi connectivity index (χ3v) is 2.38. The van der Waals surface area contributed by atoms with Crippen LogP contribution in [0.3, 0.4) is 0 Å². The van der Waals surface area contributed by atoms with Gasteiger partial charge >= 0.3 is 12.1 Å². The van der Waals surface area contributed by atoms with Gasteiger partial charge in [0.2, 0.25) is 0 Å². The number of carbonyl (C=O) groups excluding carboxylic acids is 2. The highest BCUT2D eigenvalue weighted by atomic mass is 16.5. The Hall–Kier alpha value is -2.30. The van der Waals surface area contributed by atoms with Crippen LogP contribution in [-0.2, 0) is 20.9 Å². The van der Waals surface area contributed by atoms with Crippen LogP contribution in [0.5, 0.6) is 0 Å². The van der Waals surface area contributed by atoms with Crippen LogP contribution < -0.4 is 5.32 Å². The van der Waals surface area contributed by atoms with Crippen molar-refractivity contribution in [3.05, 3.63) is 48.6 Å². The van der Waals surface area contributed by atoms with Gasteiger partial charge in [-0.25, -0.2) is 4.79 Å². The first kappa shape index (κ1) is 24.0. The minimum atomic E-state index is -0.351. The van der Waals surface area contributed by atoms with Gasteiger partial charge in [0.15, 0.2) is 0 Å². The molecule has 0 bridgehead atoms. The molecule has 0 atom stereocenters. The standard InChI is InChI=1S/C11H15NO2.C6H10O2.C2H6/c1-2-8-12-11(13)14-9-10-6-4-3-5-7-10;1-3-5-8-6(7)4-2;1-2/h3-7H,2,8-9H2,1H3,(H,12,13);3H,1,4-5H2,2H3;1-2H3. The van der Waals surface area contributed by atoms with Crippen LogP contribution in [0.25, 0.3) is 0 Å². The van der Waals surface area contributed by atoms with E-state index in [-0.39, 0.29) is 12.1 Å². The summed E-state index contributed by atoms with van der Waals surface area (Å²) >= 11 is 0. The third kappa shape index (κ3) is 16.1. The van der Waals surface area contributed by atoms with Gasteiger partial charge in [-0.05, 0) is 12.0 Å². The van der Waals surface area contributed by atoms with E-state index in [1.807, 2.05) is 51.1 Å². The molecule has 0 saturated carbocycles. The number of carbonyl (C=O) groups is 2. The van der Waals surface area contributed by atoms with E-state index in [9.17, 15) is 9.59 Å². The molecule has 0 saturated heterocycles. The number of nitrogens with one attached hydrogen (secondary N) is 1. The van der Waals surface area contributed by atoms with Crippen molar-refractivity contribution in [1.29, 1.82) is 0 Å². The number of alkyl carbamates (subject to hydrolysis) is 1. The smallest absolute Gasteiger partial charge is 0.407 e. The molecule has 0 heterocycles. The Morgan fingerprint density at radius 3 is 2.25 bits per heavy atom. The zero-order valence-electron chi connectivity index (χ0n) is 15.3. The predicted molar refractivity (Wildman–Crippen MR) is 97.7 cm³/mol. The summed E-state index contributed by atoms with van der Waals surface area (Å²) in [6.45, 7) is 12.5. The van der Waals surface area contributed by atoms with Crippen molar-refractivity contribution in [2.75, 3.05) is 13.2 Å². The molecule has 0 aromatic heterocycles. The summed E-state index contributed by atoms with van der Waals surface area (Å²) in [7, 11) is 0. The number of ether oxygens (including phenoxy) is 2. The van der Waals surface area contributed by atoms with Crippen molar-refractivity contribution in [2.24, 2.45) is 0 Å². The number of hydrogen-bond donors (Lipinski definition) is 1. The van der Waals surface area contributed by atoms with Gasteiger partial charge in [0, 0.05) is 13.0 Å². The van der Waals surface area contributed by atoms with Gasteiger partial charge in [-0.3, -0.25) is 4.79 Å². The van der Waals surface area contributed by atoms with Crippen LogP contribution in [0.15, 0.2) is 43.0 Å². The van der Waals surface area contributed by atoms with E-state index in [0.717, 1.165) is 12.0 Å². The second-order valence-corrected chi connectivity index (χ2v) is 4.31. The number of benzene rings is 1. The monoisotopic (exact) mass is 337 g/mol. The zero-order valence-corrected chi connectivity index (χ0v) is 15.3. The molecule has 5 heteroatoms. The first-order valence-corrected chi connectivity index (χ1v) is 8.35. The highest BCUT2D eigenvalue weighted by Crippen LogP contribution is 2.00. The summed E-state index contributed by atoms with van der Waals surface area (Å²) in [6, 6.07) is 9.62. The fraction of sp³-hybridized carbons (Fsp3) is 0.474. The van der Waals surface area contributed by atoms with Crippen molar-refractivity contribution < 1.29 is 19.1 Å². The Morgan fingerprint density at radius 2 is 1.75 bits per heavy atom. The lowest BCUT2D eigenvalue weighted by atomic mass is 10.2. The summed E-state index contributed by atoms with van der Waals surface area (Å²) < 4.78 is 9.56. The van der Waals surface area contributed by atoms with Crippen LogP contribution in [-0.4, -0.2) is 25.2 Å². The van der Waals surface area contributed by atoms with Gasteiger partial charge in [-0.15, -0.1) is 0 Å². The molecular formula is C19H31NO4. The van der Waals surface area contributed by atoms with E-state index in [1.165, 1.54) is 0 Å². The second kappa shape index (κ2) is 18.7. The van der Waals surface area contributed by atoms with Gasteiger partial charge in [-0.2, -0.15) is 0 Å². The molecule has 1 aromatic carbocycles. The largest absolute Gasteiger partial charge is 0.461 e. The molecule has 0 aliphatic heterocycles. The van der Waals surface area contributed by atoms with Crippen LogP contribution in [0.2, 0.25) is 0 Å². The highest BCUT2D eigenvalue weighted by molar-refractivity contribution is 5.68. The van der Waals surface area contributed by atoms with Gasteiger partial charge < -0.3 is 14.8 Å². The van der Waals surface area contributed by atoms with Crippen LogP contribution in [0.4, 0.5) is 4.79 Å². The first-order chi connectivity index (χ1) is 11.6. The van der Waals surface area contributed by atoms with Crippen LogP contribution in [0, 0.1) is 0 Å². The summed E-state index contributed by atoms with van der Waals surface area (Å²) in [6.07, 6.45) is 2.55. The molecule has 1 N–H and O–H groups in total. The Labute approximate surface area is 146 Å². The molecule has 0 radical (unpaired) electrons. The van der Waals surface area contributed by atoms with Gasteiger partial charge in [-0.1, -0.05) is 70.7 Å². The lowest BCUT2D eigenvalue weighted by molar-refractivity contribution is -0.141. The van der Waals surface area contributed by atoms with Gasteiger partial charge in [0.1, 0.15) is 13.2 Å². The Balaban J connectivity index is 0. The maximum Gasteiger partial charge on any atom is 0.407 e. The summed E-state index contributed by atoms with van der Waals surface area (Å²) in [5, 5.41) is 2.64. The Morgan fingerprint density at radius 1 is 1.12 bits per heavy atom. The van der Waals surface area contributed by atoms with E-state index in [4.69, 9.17) is 4.74 Å². The number of esters is 1. The third-order valence-electron chi connectivity index (χ3n) is 2.38. The van der Waals surface area contributed by atoms with E-state index in [2.05, 4.69) is 16.6 Å². The van der Waals surface area contributed by atoms with Crippen molar-refractivity contribution in [1.82, 2.24) is 5.32 Å². The van der Waals surface area contributed by atoms with Crippen molar-refractivity contribution in [3.8, 4) is 0 Å². The molecule has 0 fully saturated rings. The van der Waals surface area contributed by atoms with E-state index < -0.39 is 0 Å². The molecule has 0 aliphatic carbocycles. The van der Waals surface area contributed by atoms with Gasteiger partial charge in [0.25, 0.3) is 0 Å². The van der Waals surface area contributed by atoms with E-state index in [0.29, 0.717) is 26.2 Å². The van der Waals surface area contributed by atoms with Crippen LogP contribution >= 0.6 is 0 Å². The van der Waals surface area contributed by atoms with E-state index >= 15 is 0 Å². The molecule has 1 amide bonds. The lowest BCUT2D eigenvalue weighted by Gasteiger charge is -2.05. The number of hydrogen-bond acceptors (Lipinski definition) is 4. The first-order valence-electron chi connectivity index (χ1n) is 8.35. The van der Waals surface area contributed by atoms with Crippen LogP contribution in [0.1, 0.15) is 46.1 Å². The average molecular weight is 337 g/mol. The van der Waals surface area contributed by atoms with E-state index in [1.54, 1.807) is 13.0 Å². The normalized spacial score (nSPS) is 8.50. The summed E-state index contributed by atoms with van der Waals surface area (Å²) in [4.78, 5) is 21.3. The minimum Gasteiger partial charge on any atom is -0.461 e. The quantitative estimate of drug-likeness (QED) is 0.589. The molecule has 24 heavy (non-hydrogen) atoms. The van der Waals surface area contributed by atoms with Gasteiger partial charge in [0.05, 0.1) is 0 Å². The molecule has 5 nitrogen and oxygen atoms in total. The fourth-order valence-electron chi connectivity index (χ4n) is 1.26. The Bertz CT molecular complexity index is 432. The van der Waals surface area contributed by atoms with Crippen molar-refractivity contribution in [2.45, 2.75) is 47.1 Å². The highest BCUT2D eigenvalue weighted by Gasteiger charge is 1.99. The van der Waals surface area contributed by atoms with Crippen molar-refractivity contribution in [3.63, 3.8) is 0 Å². The van der Waals surface area contributed by atoms with Crippen molar-refractivity contribution >= 4 is 12.1 Å². The molecule has 136 valence electrons. The molecule has 1 rings (SSSR count). The topological polar surface area (TPSA) is 64.6 Å². The maximum atomic E-state index is 11.0. The molecule has 0 unspecified atom stereocenters. The second-order valence-electron chi connectivity index (χ2n) is 4.31. The zero-order chi connectivity index (χ0) is 18.6. The number of rotatable bonds is 7. The summed E-state index contributed by atoms with van der Waals surface area (Å²) in [5.74, 6) is -0.176. The molecule has 0 spiro atoms. The molecule has 1 aromatic rings. The predicted octanol–water partition coefficient (Wildman–Crippen LogP) is 4.47. The summed E-state index contributed by atoms with van der Waals surface area (Å²) in [5.41, 5.74) is 0.999. The Kier molecular flexibility index (Phi) is 18.7. The lowest BCUT2D eigenvalue weighted by Crippen LogP contribution is -2.24. The average Bonchev–Trinajstić information content (AvgIpc) is 2.65.